The first-order chi connectivity index (χ1) is 5.74. The fourth-order valence-electron chi connectivity index (χ4n) is 0.862. The van der Waals surface area contributed by atoms with E-state index in [2.05, 4.69) is 27.6 Å². The number of nitrogens with zero attached hydrogens (tertiary/aromatic N) is 1. The molecule has 64 valence electrons. The highest BCUT2D eigenvalue weighted by Crippen LogP contribution is 2.19. The van der Waals surface area contributed by atoms with Gasteiger partial charge in [-0.1, -0.05) is 0 Å². The van der Waals surface area contributed by atoms with Crippen molar-refractivity contribution in [2.45, 2.75) is 6.92 Å². The van der Waals surface area contributed by atoms with Gasteiger partial charge in [-0.2, -0.15) is 0 Å². The van der Waals surface area contributed by atoms with E-state index in [0.717, 1.165) is 11.3 Å². The SMILES string of the molecule is Cc1cc(I)ccc1N=CNO. The highest BCUT2D eigenvalue weighted by molar-refractivity contribution is 14.1. The molecule has 0 heterocycles. The first-order valence-corrected chi connectivity index (χ1v) is 4.50. The van der Waals surface area contributed by atoms with Crippen LogP contribution in [0.1, 0.15) is 5.56 Å². The molecule has 4 heteroatoms. The lowest BCUT2D eigenvalue weighted by molar-refractivity contribution is 0.240. The van der Waals surface area contributed by atoms with Gasteiger partial charge >= 0.3 is 0 Å². The van der Waals surface area contributed by atoms with Gasteiger partial charge in [0.1, 0.15) is 6.34 Å². The fraction of sp³-hybridized carbons (Fsp3) is 0.125. The minimum absolute atomic E-state index is 0.858. The number of halogens is 1. The molecule has 0 saturated heterocycles. The lowest BCUT2D eigenvalue weighted by atomic mass is 10.2. The van der Waals surface area contributed by atoms with Crippen LogP contribution in [0.5, 0.6) is 0 Å². The number of rotatable bonds is 2. The van der Waals surface area contributed by atoms with Gasteiger partial charge in [0.05, 0.1) is 5.69 Å². The predicted molar refractivity (Wildman–Crippen MR) is 57.0 cm³/mol. The molecule has 0 aliphatic rings. The minimum atomic E-state index is 0.858. The molecule has 0 spiro atoms. The normalized spacial score (nSPS) is 10.6. The van der Waals surface area contributed by atoms with E-state index in [4.69, 9.17) is 5.21 Å². The van der Waals surface area contributed by atoms with Crippen molar-refractivity contribution in [3.05, 3.63) is 27.3 Å². The van der Waals surface area contributed by atoms with Crippen LogP contribution in [0, 0.1) is 10.5 Å². The zero-order chi connectivity index (χ0) is 8.97. The summed E-state index contributed by atoms with van der Waals surface area (Å²) in [6.07, 6.45) is 1.25. The van der Waals surface area contributed by atoms with E-state index in [1.165, 1.54) is 9.91 Å². The maximum absolute atomic E-state index is 8.27. The Morgan fingerprint density at radius 1 is 1.58 bits per heavy atom. The van der Waals surface area contributed by atoms with Crippen LogP contribution in [0.4, 0.5) is 5.69 Å². The summed E-state index contributed by atoms with van der Waals surface area (Å²) >= 11 is 2.24. The second-order valence-corrected chi connectivity index (χ2v) is 3.56. The van der Waals surface area contributed by atoms with E-state index < -0.39 is 0 Å². The molecule has 1 aromatic carbocycles. The number of hydroxylamine groups is 1. The molecule has 12 heavy (non-hydrogen) atoms. The Morgan fingerprint density at radius 3 is 2.92 bits per heavy atom. The van der Waals surface area contributed by atoms with Gasteiger partial charge in [0.15, 0.2) is 0 Å². The van der Waals surface area contributed by atoms with Crippen LogP contribution < -0.4 is 5.48 Å². The zero-order valence-corrected chi connectivity index (χ0v) is 8.74. The Kier molecular flexibility index (Phi) is 3.48. The fourth-order valence-corrected chi connectivity index (χ4v) is 1.51. The molecular weight excluding hydrogens is 267 g/mol. The van der Waals surface area contributed by atoms with Gasteiger partial charge in [0.25, 0.3) is 0 Å². The van der Waals surface area contributed by atoms with Gasteiger partial charge in [-0.05, 0) is 53.3 Å². The molecule has 0 amide bonds. The summed E-state index contributed by atoms with van der Waals surface area (Å²) in [6.45, 7) is 1.98. The molecule has 0 aromatic heterocycles. The van der Waals surface area contributed by atoms with Crippen molar-refractivity contribution in [3.63, 3.8) is 0 Å². The third-order valence-electron chi connectivity index (χ3n) is 1.42. The maximum Gasteiger partial charge on any atom is 0.113 e. The molecule has 1 rings (SSSR count). The smallest absolute Gasteiger partial charge is 0.113 e. The first kappa shape index (κ1) is 9.47. The molecule has 3 nitrogen and oxygen atoms in total. The molecule has 0 radical (unpaired) electrons. The van der Waals surface area contributed by atoms with Crippen LogP contribution in [-0.2, 0) is 0 Å². The number of nitrogens with one attached hydrogen (secondary N) is 1. The lowest BCUT2D eigenvalue weighted by Gasteiger charge is -1.99. The molecule has 0 unspecified atom stereocenters. The Bertz CT molecular complexity index is 299. The van der Waals surface area contributed by atoms with Crippen molar-refractivity contribution in [2.75, 3.05) is 0 Å². The van der Waals surface area contributed by atoms with Crippen LogP contribution in [0.2, 0.25) is 0 Å². The van der Waals surface area contributed by atoms with E-state index in [1.807, 2.05) is 30.6 Å². The van der Waals surface area contributed by atoms with Crippen LogP contribution in [0.3, 0.4) is 0 Å². The van der Waals surface area contributed by atoms with Gasteiger partial charge in [0.2, 0.25) is 0 Å². The van der Waals surface area contributed by atoms with Crippen molar-refractivity contribution in [1.29, 1.82) is 0 Å². The summed E-state index contributed by atoms with van der Waals surface area (Å²) in [6, 6.07) is 5.91. The predicted octanol–water partition coefficient (Wildman–Crippen LogP) is 2.24. The lowest BCUT2D eigenvalue weighted by Crippen LogP contribution is -2.01. The van der Waals surface area contributed by atoms with Gasteiger partial charge in [-0.25, -0.2) is 4.99 Å². The van der Waals surface area contributed by atoms with Crippen LogP contribution in [0.25, 0.3) is 0 Å². The van der Waals surface area contributed by atoms with Crippen molar-refractivity contribution >= 4 is 34.6 Å². The Hall–Kier alpha value is -0.620. The molecule has 0 fully saturated rings. The number of benzene rings is 1. The largest absolute Gasteiger partial charge is 0.290 e. The summed E-state index contributed by atoms with van der Waals surface area (Å²) < 4.78 is 1.18. The van der Waals surface area contributed by atoms with E-state index in [9.17, 15) is 0 Å². The third kappa shape index (κ3) is 2.46. The van der Waals surface area contributed by atoms with Gasteiger partial charge in [-0.3, -0.25) is 10.7 Å². The summed E-state index contributed by atoms with van der Waals surface area (Å²) in [5.41, 5.74) is 3.81. The number of hydrogen-bond donors (Lipinski definition) is 2. The molecule has 0 atom stereocenters. The summed E-state index contributed by atoms with van der Waals surface area (Å²) in [7, 11) is 0. The topological polar surface area (TPSA) is 44.6 Å². The molecule has 0 aliphatic heterocycles. The quantitative estimate of drug-likeness (QED) is 0.376. The van der Waals surface area contributed by atoms with Gasteiger partial charge < -0.3 is 0 Å². The highest BCUT2D eigenvalue weighted by Gasteiger charge is 1.94. The molecular formula is C8H9IN2O. The molecule has 1 aromatic rings. The second-order valence-electron chi connectivity index (χ2n) is 2.32. The molecule has 0 saturated carbocycles. The van der Waals surface area contributed by atoms with Crippen LogP contribution in [-0.4, -0.2) is 11.5 Å². The van der Waals surface area contributed by atoms with Crippen LogP contribution >= 0.6 is 22.6 Å². The molecule has 0 aliphatic carbocycles. The van der Waals surface area contributed by atoms with E-state index in [-0.39, 0.29) is 0 Å². The maximum atomic E-state index is 8.27. The first-order valence-electron chi connectivity index (χ1n) is 3.42. The number of hydrogen-bond acceptors (Lipinski definition) is 2. The van der Waals surface area contributed by atoms with Crippen molar-refractivity contribution in [2.24, 2.45) is 4.99 Å². The monoisotopic (exact) mass is 276 g/mol. The Morgan fingerprint density at radius 2 is 2.33 bits per heavy atom. The molecule has 2 N–H and O–H groups in total. The van der Waals surface area contributed by atoms with E-state index in [1.54, 1.807) is 0 Å². The van der Waals surface area contributed by atoms with Gasteiger partial charge in [-0.15, -0.1) is 0 Å². The summed E-state index contributed by atoms with van der Waals surface area (Å²) in [4.78, 5) is 3.98. The minimum Gasteiger partial charge on any atom is -0.290 e. The standard InChI is InChI=1S/C8H9IN2O/c1-6-4-7(9)2-3-8(6)10-5-11-12/h2-5,12H,1H3,(H,10,11). The van der Waals surface area contributed by atoms with E-state index >= 15 is 0 Å². The van der Waals surface area contributed by atoms with Gasteiger partial charge in [0, 0.05) is 3.57 Å². The zero-order valence-electron chi connectivity index (χ0n) is 6.58. The van der Waals surface area contributed by atoms with Crippen LogP contribution in [0.15, 0.2) is 23.2 Å². The highest BCUT2D eigenvalue weighted by atomic mass is 127. The van der Waals surface area contributed by atoms with Crippen molar-refractivity contribution in [3.8, 4) is 0 Å². The summed E-state index contributed by atoms with van der Waals surface area (Å²) in [5, 5.41) is 8.27. The van der Waals surface area contributed by atoms with Crippen molar-refractivity contribution < 1.29 is 5.21 Å². The average molecular weight is 276 g/mol. The third-order valence-corrected chi connectivity index (χ3v) is 2.09. The molecule has 0 bridgehead atoms. The Balaban J connectivity index is 2.94. The number of aliphatic imine (C=N–C) groups is 1. The number of aryl methyl sites for hydroxylation is 1. The van der Waals surface area contributed by atoms with E-state index in [0.29, 0.717) is 0 Å². The second kappa shape index (κ2) is 4.42. The Labute approximate surface area is 84.6 Å². The summed E-state index contributed by atoms with van der Waals surface area (Å²) in [5.74, 6) is 0. The van der Waals surface area contributed by atoms with Crippen molar-refractivity contribution in [1.82, 2.24) is 5.48 Å². The average Bonchev–Trinajstić information content (AvgIpc) is 2.03.